The maximum absolute atomic E-state index is 12.7. The lowest BCUT2D eigenvalue weighted by atomic mass is 9.96. The second-order valence-corrected chi connectivity index (χ2v) is 7.08. The predicted molar refractivity (Wildman–Crippen MR) is 111 cm³/mol. The Hall–Kier alpha value is -3.68. The van der Waals surface area contributed by atoms with Gasteiger partial charge in [-0.3, -0.25) is 0 Å². The minimum absolute atomic E-state index is 0.288. The molecule has 8 heteroatoms. The zero-order valence-electron chi connectivity index (χ0n) is 17.1. The fraction of sp³-hybridized carbons (Fsp3) is 0.273. The van der Waals surface area contributed by atoms with Crippen LogP contribution in [-0.2, 0) is 16.1 Å². The molecule has 1 aromatic heterocycles. The van der Waals surface area contributed by atoms with Crippen LogP contribution in [0.5, 0.6) is 5.75 Å². The number of aromatic nitrogens is 4. The summed E-state index contributed by atoms with van der Waals surface area (Å²) in [4.78, 5) is 12.7. The molecule has 30 heavy (non-hydrogen) atoms. The summed E-state index contributed by atoms with van der Waals surface area (Å²) in [6, 6.07) is 15.3. The SMILES string of the molecule is CCOC(=O)C1=C(C)Nc2nnnn2C1c1ccc(OCc2cccc(C)c2)cc1. The van der Waals surface area contributed by atoms with Gasteiger partial charge in [-0.05, 0) is 54.5 Å². The molecule has 0 amide bonds. The third-order valence-corrected chi connectivity index (χ3v) is 4.89. The molecule has 0 aliphatic carbocycles. The summed E-state index contributed by atoms with van der Waals surface area (Å²) in [5.74, 6) is 0.822. The van der Waals surface area contributed by atoms with Crippen molar-refractivity contribution in [1.29, 1.82) is 0 Å². The summed E-state index contributed by atoms with van der Waals surface area (Å²) in [5, 5.41) is 14.9. The van der Waals surface area contributed by atoms with Crippen LogP contribution in [0.1, 0.15) is 36.6 Å². The van der Waals surface area contributed by atoms with Gasteiger partial charge >= 0.3 is 5.97 Å². The van der Waals surface area contributed by atoms with Crippen molar-refractivity contribution in [1.82, 2.24) is 20.2 Å². The van der Waals surface area contributed by atoms with E-state index >= 15 is 0 Å². The van der Waals surface area contributed by atoms with Crippen LogP contribution in [0.15, 0.2) is 59.8 Å². The number of nitrogens with zero attached hydrogens (tertiary/aromatic N) is 4. The number of esters is 1. The van der Waals surface area contributed by atoms with Crippen molar-refractivity contribution in [2.75, 3.05) is 11.9 Å². The van der Waals surface area contributed by atoms with E-state index in [-0.39, 0.29) is 6.61 Å². The number of fused-ring (bicyclic) bond motifs is 1. The molecule has 3 aromatic rings. The number of rotatable bonds is 6. The molecule has 0 spiro atoms. The third kappa shape index (κ3) is 3.89. The van der Waals surface area contributed by atoms with Crippen molar-refractivity contribution >= 4 is 11.9 Å². The van der Waals surface area contributed by atoms with Crippen molar-refractivity contribution in [3.63, 3.8) is 0 Å². The average molecular weight is 405 g/mol. The fourth-order valence-corrected chi connectivity index (χ4v) is 3.51. The summed E-state index contributed by atoms with van der Waals surface area (Å²) in [7, 11) is 0. The highest BCUT2D eigenvalue weighted by atomic mass is 16.5. The van der Waals surface area contributed by atoms with Crippen LogP contribution in [0.25, 0.3) is 0 Å². The van der Waals surface area contributed by atoms with E-state index in [1.165, 1.54) is 5.56 Å². The van der Waals surface area contributed by atoms with E-state index in [0.29, 0.717) is 23.8 Å². The Labute approximate surface area is 174 Å². The highest BCUT2D eigenvalue weighted by molar-refractivity contribution is 5.92. The third-order valence-electron chi connectivity index (χ3n) is 4.89. The fourth-order valence-electron chi connectivity index (χ4n) is 3.51. The molecule has 1 aliphatic heterocycles. The van der Waals surface area contributed by atoms with Gasteiger partial charge in [-0.25, -0.2) is 4.79 Å². The maximum atomic E-state index is 12.7. The molecule has 0 fully saturated rings. The first kappa shape index (κ1) is 19.6. The normalized spacial score (nSPS) is 15.4. The summed E-state index contributed by atoms with van der Waals surface area (Å²) >= 11 is 0. The minimum atomic E-state index is -0.485. The predicted octanol–water partition coefficient (Wildman–Crippen LogP) is 3.41. The van der Waals surface area contributed by atoms with Crippen molar-refractivity contribution in [2.24, 2.45) is 0 Å². The molecule has 0 radical (unpaired) electrons. The van der Waals surface area contributed by atoms with Gasteiger partial charge in [0.15, 0.2) is 0 Å². The van der Waals surface area contributed by atoms with Gasteiger partial charge in [0.05, 0.1) is 12.2 Å². The summed E-state index contributed by atoms with van der Waals surface area (Å²) < 4.78 is 12.8. The largest absolute Gasteiger partial charge is 0.489 e. The maximum Gasteiger partial charge on any atom is 0.338 e. The van der Waals surface area contributed by atoms with E-state index in [4.69, 9.17) is 9.47 Å². The molecule has 154 valence electrons. The van der Waals surface area contributed by atoms with Crippen molar-refractivity contribution in [2.45, 2.75) is 33.4 Å². The second kappa shape index (κ2) is 8.36. The monoisotopic (exact) mass is 405 g/mol. The lowest BCUT2D eigenvalue weighted by Gasteiger charge is -2.27. The molecule has 4 rings (SSSR count). The van der Waals surface area contributed by atoms with Crippen LogP contribution in [0.4, 0.5) is 5.95 Å². The Bertz CT molecular complexity index is 1090. The average Bonchev–Trinajstić information content (AvgIpc) is 3.20. The first-order chi connectivity index (χ1) is 14.6. The topological polar surface area (TPSA) is 91.2 Å². The number of carbonyl (C=O) groups is 1. The molecule has 2 aromatic carbocycles. The van der Waals surface area contributed by atoms with E-state index in [1.807, 2.05) is 43.3 Å². The molecular formula is C22H23N5O3. The number of tetrazole rings is 1. The number of ether oxygens (including phenoxy) is 2. The zero-order valence-corrected chi connectivity index (χ0v) is 17.1. The summed E-state index contributed by atoms with van der Waals surface area (Å²) in [6.07, 6.45) is 0. The Kier molecular flexibility index (Phi) is 5.47. The van der Waals surface area contributed by atoms with E-state index in [0.717, 1.165) is 16.9 Å². The molecular weight excluding hydrogens is 382 g/mol. The van der Waals surface area contributed by atoms with Gasteiger partial charge in [0.2, 0.25) is 5.95 Å². The smallest absolute Gasteiger partial charge is 0.338 e. The van der Waals surface area contributed by atoms with Crippen LogP contribution >= 0.6 is 0 Å². The lowest BCUT2D eigenvalue weighted by molar-refractivity contribution is -0.139. The van der Waals surface area contributed by atoms with Crippen LogP contribution in [0.3, 0.4) is 0 Å². The van der Waals surface area contributed by atoms with Gasteiger partial charge in [0, 0.05) is 5.70 Å². The van der Waals surface area contributed by atoms with Crippen molar-refractivity contribution in [3.05, 3.63) is 76.5 Å². The number of allylic oxidation sites excluding steroid dienone is 1. The summed E-state index contributed by atoms with van der Waals surface area (Å²) in [5.41, 5.74) is 4.31. The van der Waals surface area contributed by atoms with Crippen molar-refractivity contribution in [3.8, 4) is 5.75 Å². The number of hydrogen-bond acceptors (Lipinski definition) is 7. The quantitative estimate of drug-likeness (QED) is 0.628. The first-order valence-electron chi connectivity index (χ1n) is 9.78. The molecule has 1 atom stereocenters. The molecule has 0 saturated carbocycles. The molecule has 0 bridgehead atoms. The highest BCUT2D eigenvalue weighted by Crippen LogP contribution is 2.35. The number of benzene rings is 2. The number of carbonyl (C=O) groups excluding carboxylic acids is 1. The molecule has 1 aliphatic rings. The highest BCUT2D eigenvalue weighted by Gasteiger charge is 2.34. The summed E-state index contributed by atoms with van der Waals surface area (Å²) in [6.45, 7) is 6.43. The Morgan fingerprint density at radius 2 is 1.97 bits per heavy atom. The molecule has 2 heterocycles. The van der Waals surface area contributed by atoms with Crippen molar-refractivity contribution < 1.29 is 14.3 Å². The van der Waals surface area contributed by atoms with Gasteiger partial charge in [0.1, 0.15) is 18.4 Å². The van der Waals surface area contributed by atoms with Gasteiger partial charge in [0.25, 0.3) is 0 Å². The molecule has 1 unspecified atom stereocenters. The standard InChI is InChI=1S/C22H23N5O3/c1-4-29-21(28)19-15(3)23-22-24-25-26-27(22)20(19)17-8-10-18(11-9-17)30-13-16-7-5-6-14(2)12-16/h5-12,20H,4,13H2,1-3H3,(H,23,24,26). The van der Waals surface area contributed by atoms with Gasteiger partial charge in [-0.2, -0.15) is 4.68 Å². The zero-order chi connectivity index (χ0) is 21.1. The molecule has 1 N–H and O–H groups in total. The Balaban J connectivity index is 1.59. The second-order valence-electron chi connectivity index (χ2n) is 7.08. The van der Waals surface area contributed by atoms with Crippen LogP contribution in [0.2, 0.25) is 0 Å². The molecule has 8 nitrogen and oxygen atoms in total. The first-order valence-corrected chi connectivity index (χ1v) is 9.78. The van der Waals surface area contributed by atoms with Crippen LogP contribution in [-0.4, -0.2) is 32.8 Å². The van der Waals surface area contributed by atoms with Crippen LogP contribution < -0.4 is 10.1 Å². The molecule has 0 saturated heterocycles. The van der Waals surface area contributed by atoms with E-state index < -0.39 is 12.0 Å². The number of hydrogen-bond donors (Lipinski definition) is 1. The minimum Gasteiger partial charge on any atom is -0.489 e. The van der Waals surface area contributed by atoms with Gasteiger partial charge < -0.3 is 14.8 Å². The Morgan fingerprint density at radius 1 is 1.17 bits per heavy atom. The number of aryl methyl sites for hydroxylation is 1. The van der Waals surface area contributed by atoms with E-state index in [2.05, 4.69) is 39.9 Å². The van der Waals surface area contributed by atoms with Gasteiger partial charge in [-0.1, -0.05) is 47.1 Å². The number of anilines is 1. The van der Waals surface area contributed by atoms with E-state index in [1.54, 1.807) is 11.6 Å². The van der Waals surface area contributed by atoms with Gasteiger partial charge in [-0.15, -0.1) is 0 Å². The van der Waals surface area contributed by atoms with Crippen LogP contribution in [0, 0.1) is 6.92 Å². The Morgan fingerprint density at radius 3 is 2.70 bits per heavy atom. The lowest BCUT2D eigenvalue weighted by Crippen LogP contribution is -2.29. The number of nitrogens with one attached hydrogen (secondary N) is 1. The van der Waals surface area contributed by atoms with E-state index in [9.17, 15) is 4.79 Å².